The Morgan fingerprint density at radius 2 is 2.14 bits per heavy atom. The third-order valence-electron chi connectivity index (χ3n) is 2.92. The van der Waals surface area contributed by atoms with Crippen molar-refractivity contribution in [1.82, 2.24) is 34.7 Å². The van der Waals surface area contributed by atoms with E-state index in [0.717, 1.165) is 5.69 Å². The number of nitrogen functional groups attached to an aromatic ring is 1. The van der Waals surface area contributed by atoms with Crippen LogP contribution in [-0.2, 0) is 18.0 Å². The van der Waals surface area contributed by atoms with Crippen LogP contribution < -0.4 is 5.73 Å². The van der Waals surface area contributed by atoms with Crippen LogP contribution in [0.1, 0.15) is 5.69 Å². The molecule has 3 aromatic rings. The van der Waals surface area contributed by atoms with Crippen LogP contribution in [0.2, 0.25) is 0 Å². The summed E-state index contributed by atoms with van der Waals surface area (Å²) >= 11 is 0. The molecule has 0 saturated heterocycles. The molecule has 0 aromatic carbocycles. The number of ether oxygens (including phenoxy) is 1. The first-order chi connectivity index (χ1) is 10.3. The summed E-state index contributed by atoms with van der Waals surface area (Å²) in [5, 5.41) is 21.4. The maximum atomic E-state index is 8.71. The Balaban J connectivity index is 1.83. The van der Waals surface area contributed by atoms with E-state index in [-0.39, 0.29) is 19.9 Å². The van der Waals surface area contributed by atoms with Crippen molar-refractivity contribution in [2.24, 2.45) is 0 Å². The van der Waals surface area contributed by atoms with E-state index in [1.165, 1.54) is 6.33 Å². The molecule has 10 nitrogen and oxygen atoms in total. The van der Waals surface area contributed by atoms with Crippen molar-refractivity contribution in [1.29, 1.82) is 0 Å². The lowest BCUT2D eigenvalue weighted by Crippen LogP contribution is -2.13. The Morgan fingerprint density at radius 1 is 1.24 bits per heavy atom. The monoisotopic (exact) mass is 290 g/mol. The first-order valence-electron chi connectivity index (χ1n) is 6.27. The lowest BCUT2D eigenvalue weighted by atomic mass is 10.4. The van der Waals surface area contributed by atoms with E-state index in [9.17, 15) is 0 Å². The van der Waals surface area contributed by atoms with Crippen molar-refractivity contribution in [2.45, 2.75) is 13.3 Å². The van der Waals surface area contributed by atoms with E-state index < -0.39 is 0 Å². The highest BCUT2D eigenvalue weighted by molar-refractivity contribution is 5.84. The van der Waals surface area contributed by atoms with Gasteiger partial charge in [0.25, 0.3) is 0 Å². The molecule has 0 atom stereocenters. The Labute approximate surface area is 119 Å². The molecule has 21 heavy (non-hydrogen) atoms. The number of anilines is 1. The number of nitrogens with zero attached hydrogens (tertiary/aromatic N) is 7. The summed E-state index contributed by atoms with van der Waals surface area (Å²) in [5.41, 5.74) is 7.22. The van der Waals surface area contributed by atoms with Gasteiger partial charge in [0, 0.05) is 0 Å². The van der Waals surface area contributed by atoms with Crippen molar-refractivity contribution in [3.63, 3.8) is 0 Å². The van der Waals surface area contributed by atoms with Gasteiger partial charge in [-0.15, -0.1) is 5.10 Å². The van der Waals surface area contributed by atoms with E-state index in [2.05, 4.69) is 25.4 Å². The predicted octanol–water partition coefficient (Wildman–Crippen LogP) is -0.985. The van der Waals surface area contributed by atoms with Crippen LogP contribution in [0, 0.1) is 0 Å². The molecule has 0 unspecified atom stereocenters. The number of aliphatic hydroxyl groups is 1. The zero-order valence-electron chi connectivity index (χ0n) is 11.1. The van der Waals surface area contributed by atoms with Gasteiger partial charge in [-0.3, -0.25) is 0 Å². The molecule has 0 radical (unpaired) electrons. The van der Waals surface area contributed by atoms with Crippen molar-refractivity contribution in [3.8, 4) is 0 Å². The summed E-state index contributed by atoms with van der Waals surface area (Å²) in [6, 6.07) is 0. The highest BCUT2D eigenvalue weighted by atomic mass is 16.5. The van der Waals surface area contributed by atoms with Crippen molar-refractivity contribution < 1.29 is 9.84 Å². The summed E-state index contributed by atoms with van der Waals surface area (Å²) in [6.45, 7) is 0.847. The summed E-state index contributed by atoms with van der Waals surface area (Å²) in [5.74, 6) is 0.393. The number of aromatic nitrogens is 7. The minimum absolute atomic E-state index is 0.0377. The van der Waals surface area contributed by atoms with Gasteiger partial charge in [0.05, 0.1) is 43.2 Å². The predicted molar refractivity (Wildman–Crippen MR) is 71.9 cm³/mol. The molecule has 10 heteroatoms. The molecule has 0 amide bonds. The first-order valence-corrected chi connectivity index (χ1v) is 6.27. The fourth-order valence-electron chi connectivity index (χ4n) is 1.91. The van der Waals surface area contributed by atoms with Crippen LogP contribution in [0.25, 0.3) is 11.0 Å². The first kappa shape index (κ1) is 13.4. The van der Waals surface area contributed by atoms with Crippen molar-refractivity contribution in [2.75, 3.05) is 18.9 Å². The second-order valence-electron chi connectivity index (χ2n) is 4.28. The molecule has 0 saturated carbocycles. The molecule has 0 aliphatic heterocycles. The van der Waals surface area contributed by atoms with Gasteiger partial charge in [-0.1, -0.05) is 5.21 Å². The van der Waals surface area contributed by atoms with E-state index in [1.54, 1.807) is 21.8 Å². The molecular formula is C11H14N8O2. The average molecular weight is 290 g/mol. The maximum absolute atomic E-state index is 8.71. The number of aliphatic hydroxyl groups excluding tert-OH is 1. The fourth-order valence-corrected chi connectivity index (χ4v) is 1.91. The minimum atomic E-state index is -0.0377. The highest BCUT2D eigenvalue weighted by Gasteiger charge is 2.11. The standard InChI is InChI=1S/C11H14N8O2/c12-10-9-4-16-18(11(9)14-6-13-10)5-8-3-15-17-19(8)7-21-2-1-20/h3-4,6,20H,1-2,5,7H2,(H2,12,13,14). The topological polar surface area (TPSA) is 130 Å². The number of hydrogen-bond acceptors (Lipinski definition) is 8. The molecule has 0 aliphatic rings. The van der Waals surface area contributed by atoms with E-state index in [4.69, 9.17) is 15.6 Å². The van der Waals surface area contributed by atoms with Crippen LogP contribution in [0.15, 0.2) is 18.7 Å². The van der Waals surface area contributed by atoms with Gasteiger partial charge in [-0.05, 0) is 0 Å². The van der Waals surface area contributed by atoms with Crippen molar-refractivity contribution in [3.05, 3.63) is 24.4 Å². The summed E-state index contributed by atoms with van der Waals surface area (Å²) in [7, 11) is 0. The quantitative estimate of drug-likeness (QED) is 0.554. The third-order valence-corrected chi connectivity index (χ3v) is 2.92. The largest absolute Gasteiger partial charge is 0.394 e. The van der Waals surface area contributed by atoms with Gasteiger partial charge in [0.1, 0.15) is 18.9 Å². The molecule has 0 spiro atoms. The van der Waals surface area contributed by atoms with Crippen LogP contribution in [0.3, 0.4) is 0 Å². The number of nitrogens with two attached hydrogens (primary N) is 1. The normalized spacial score (nSPS) is 11.3. The van der Waals surface area contributed by atoms with Gasteiger partial charge in [-0.25, -0.2) is 19.3 Å². The van der Waals surface area contributed by atoms with E-state index in [0.29, 0.717) is 23.4 Å². The van der Waals surface area contributed by atoms with Crippen LogP contribution in [0.5, 0.6) is 0 Å². The zero-order chi connectivity index (χ0) is 14.7. The highest BCUT2D eigenvalue weighted by Crippen LogP contribution is 2.16. The second-order valence-corrected chi connectivity index (χ2v) is 4.28. The van der Waals surface area contributed by atoms with Crippen LogP contribution >= 0.6 is 0 Å². The summed E-state index contributed by atoms with van der Waals surface area (Å²) in [4.78, 5) is 8.11. The fraction of sp³-hybridized carbons (Fsp3) is 0.364. The average Bonchev–Trinajstić information content (AvgIpc) is 3.09. The number of hydrogen-bond donors (Lipinski definition) is 2. The SMILES string of the molecule is Nc1ncnc2c1cnn2Cc1cnnn1COCCO. The maximum Gasteiger partial charge on any atom is 0.163 e. The lowest BCUT2D eigenvalue weighted by molar-refractivity contribution is 0.0393. The lowest BCUT2D eigenvalue weighted by Gasteiger charge is -2.07. The second kappa shape index (κ2) is 5.81. The number of rotatable bonds is 6. The molecule has 3 rings (SSSR count). The molecule has 110 valence electrons. The Hall–Kier alpha value is -2.59. The van der Waals surface area contributed by atoms with Crippen LogP contribution in [-0.4, -0.2) is 53.1 Å². The van der Waals surface area contributed by atoms with Gasteiger partial charge >= 0.3 is 0 Å². The molecule has 0 fully saturated rings. The van der Waals surface area contributed by atoms with Gasteiger partial charge in [0.15, 0.2) is 5.65 Å². The summed E-state index contributed by atoms with van der Waals surface area (Å²) in [6.07, 6.45) is 4.65. The number of fused-ring (bicyclic) bond motifs is 1. The van der Waals surface area contributed by atoms with E-state index in [1.807, 2.05) is 0 Å². The molecule has 3 aromatic heterocycles. The van der Waals surface area contributed by atoms with Gasteiger partial charge < -0.3 is 15.6 Å². The van der Waals surface area contributed by atoms with Gasteiger partial charge in [-0.2, -0.15) is 5.10 Å². The summed E-state index contributed by atoms with van der Waals surface area (Å²) < 4.78 is 8.51. The Bertz CT molecular complexity index is 737. The Morgan fingerprint density at radius 3 is 3.00 bits per heavy atom. The smallest absolute Gasteiger partial charge is 0.163 e. The Kier molecular flexibility index (Phi) is 3.71. The zero-order valence-corrected chi connectivity index (χ0v) is 11.1. The molecule has 3 heterocycles. The third kappa shape index (κ3) is 2.66. The molecular weight excluding hydrogens is 276 g/mol. The minimum Gasteiger partial charge on any atom is -0.394 e. The molecule has 3 N–H and O–H groups in total. The van der Waals surface area contributed by atoms with E-state index >= 15 is 0 Å². The molecule has 0 bridgehead atoms. The van der Waals surface area contributed by atoms with Crippen LogP contribution in [0.4, 0.5) is 5.82 Å². The molecule has 0 aliphatic carbocycles. The van der Waals surface area contributed by atoms with Gasteiger partial charge in [0.2, 0.25) is 0 Å². The van der Waals surface area contributed by atoms with Crippen molar-refractivity contribution >= 4 is 16.9 Å².